The number of carbonyl (C=O) groups is 1. The highest BCUT2D eigenvalue weighted by Gasteiger charge is 2.12. The van der Waals surface area contributed by atoms with E-state index in [1.807, 2.05) is 0 Å². The quantitative estimate of drug-likeness (QED) is 0.366. The molecule has 0 aliphatic rings. The van der Waals surface area contributed by atoms with Crippen molar-refractivity contribution in [3.8, 4) is 0 Å². The molecule has 0 saturated heterocycles. The molecule has 0 heterocycles. The number of carbonyl (C=O) groups excluding carboxylic acids is 1. The van der Waals surface area contributed by atoms with E-state index in [9.17, 15) is 9.18 Å². The smallest absolute Gasteiger partial charge is 0.254 e. The van der Waals surface area contributed by atoms with Crippen molar-refractivity contribution in [2.24, 2.45) is 5.11 Å². The van der Waals surface area contributed by atoms with Crippen LogP contribution in [0.1, 0.15) is 23.2 Å². The summed E-state index contributed by atoms with van der Waals surface area (Å²) in [5, 5.41) is 5.86. The maximum Gasteiger partial charge on any atom is 0.254 e. The normalized spacial score (nSPS) is 9.67. The van der Waals surface area contributed by atoms with Gasteiger partial charge in [-0.3, -0.25) is 4.79 Å². The van der Waals surface area contributed by atoms with Crippen molar-refractivity contribution in [2.75, 3.05) is 13.1 Å². The Balaban J connectivity index is 2.41. The zero-order chi connectivity index (χ0) is 13.4. The van der Waals surface area contributed by atoms with Gasteiger partial charge in [-0.1, -0.05) is 22.8 Å². The molecule has 0 atom stereocenters. The van der Waals surface area contributed by atoms with Gasteiger partial charge in [-0.05, 0) is 30.5 Å². The highest BCUT2D eigenvalue weighted by Crippen LogP contribution is 2.17. The van der Waals surface area contributed by atoms with Crippen LogP contribution >= 0.6 is 11.6 Å². The van der Waals surface area contributed by atoms with Crippen LogP contribution in [0, 0.1) is 5.82 Å². The van der Waals surface area contributed by atoms with Gasteiger partial charge in [0.2, 0.25) is 0 Å². The number of amides is 1. The van der Waals surface area contributed by atoms with Crippen LogP contribution in [0.4, 0.5) is 4.39 Å². The Kier molecular flexibility index (Phi) is 5.97. The van der Waals surface area contributed by atoms with Gasteiger partial charge in [-0.25, -0.2) is 4.39 Å². The van der Waals surface area contributed by atoms with Crippen molar-refractivity contribution >= 4 is 17.5 Å². The minimum atomic E-state index is -0.717. The number of nitrogens with zero attached hydrogens (tertiary/aromatic N) is 3. The van der Waals surface area contributed by atoms with Gasteiger partial charge in [0.1, 0.15) is 0 Å². The van der Waals surface area contributed by atoms with E-state index in [-0.39, 0.29) is 10.6 Å². The van der Waals surface area contributed by atoms with Crippen LogP contribution in [0.15, 0.2) is 23.3 Å². The van der Waals surface area contributed by atoms with Crippen LogP contribution in [-0.4, -0.2) is 19.0 Å². The average molecular weight is 271 g/mol. The van der Waals surface area contributed by atoms with Gasteiger partial charge in [-0.2, -0.15) is 0 Å². The predicted molar refractivity (Wildman–Crippen MR) is 67.0 cm³/mol. The minimum absolute atomic E-state index is 0.0717. The highest BCUT2D eigenvalue weighted by molar-refractivity contribution is 6.31. The number of azide groups is 1. The number of rotatable bonds is 6. The molecule has 0 radical (unpaired) electrons. The third kappa shape index (κ3) is 4.24. The first kappa shape index (κ1) is 14.3. The van der Waals surface area contributed by atoms with Gasteiger partial charge >= 0.3 is 0 Å². The second-order valence-corrected chi connectivity index (χ2v) is 3.93. The number of hydrogen-bond acceptors (Lipinski definition) is 2. The molecule has 96 valence electrons. The molecule has 1 rings (SSSR count). The molecule has 0 fully saturated rings. The fourth-order valence-corrected chi connectivity index (χ4v) is 1.50. The lowest BCUT2D eigenvalue weighted by molar-refractivity contribution is 0.0949. The Morgan fingerprint density at radius 1 is 1.50 bits per heavy atom. The minimum Gasteiger partial charge on any atom is -0.352 e. The SMILES string of the molecule is [N-]=[N+]=NCCCCNC(=O)c1cccc(Cl)c1F. The summed E-state index contributed by atoms with van der Waals surface area (Å²) in [5.41, 5.74) is 7.98. The second kappa shape index (κ2) is 7.53. The Hall–Kier alpha value is -1.78. The van der Waals surface area contributed by atoms with Crippen molar-refractivity contribution in [1.82, 2.24) is 5.32 Å². The van der Waals surface area contributed by atoms with E-state index in [2.05, 4.69) is 15.3 Å². The molecule has 5 nitrogen and oxygen atoms in total. The van der Waals surface area contributed by atoms with Gasteiger partial charge < -0.3 is 5.32 Å². The van der Waals surface area contributed by atoms with E-state index >= 15 is 0 Å². The van der Waals surface area contributed by atoms with E-state index < -0.39 is 11.7 Å². The summed E-state index contributed by atoms with van der Waals surface area (Å²) in [6.45, 7) is 0.781. The van der Waals surface area contributed by atoms with Crippen LogP contribution < -0.4 is 5.32 Å². The molecule has 1 aromatic carbocycles. The highest BCUT2D eigenvalue weighted by atomic mass is 35.5. The molecule has 1 N–H and O–H groups in total. The summed E-state index contributed by atoms with van der Waals surface area (Å²) < 4.78 is 13.5. The molecule has 0 aliphatic carbocycles. The third-order valence-electron chi connectivity index (χ3n) is 2.23. The second-order valence-electron chi connectivity index (χ2n) is 3.52. The third-order valence-corrected chi connectivity index (χ3v) is 2.52. The molecular weight excluding hydrogens is 259 g/mol. The molecule has 0 saturated carbocycles. The van der Waals surface area contributed by atoms with Gasteiger partial charge in [-0.15, -0.1) is 0 Å². The zero-order valence-corrected chi connectivity index (χ0v) is 10.3. The Bertz CT molecular complexity index is 474. The Morgan fingerprint density at radius 2 is 2.28 bits per heavy atom. The lowest BCUT2D eigenvalue weighted by Gasteiger charge is -2.06. The van der Waals surface area contributed by atoms with Gasteiger partial charge in [0.05, 0.1) is 10.6 Å². The van der Waals surface area contributed by atoms with Crippen molar-refractivity contribution in [2.45, 2.75) is 12.8 Å². The summed E-state index contributed by atoms with van der Waals surface area (Å²) >= 11 is 5.57. The standard InChI is InChI=1S/C11H12ClFN4O/c12-9-5-3-4-8(10(9)13)11(18)15-6-1-2-7-16-17-14/h3-5H,1-2,6-7H2,(H,15,18). The molecule has 0 aliphatic heterocycles. The van der Waals surface area contributed by atoms with Crippen LogP contribution in [0.3, 0.4) is 0 Å². The Morgan fingerprint density at radius 3 is 3.00 bits per heavy atom. The lowest BCUT2D eigenvalue weighted by atomic mass is 10.2. The number of halogens is 2. The fraction of sp³-hybridized carbons (Fsp3) is 0.364. The first-order chi connectivity index (χ1) is 8.66. The number of hydrogen-bond donors (Lipinski definition) is 1. The van der Waals surface area contributed by atoms with Crippen LogP contribution in [0.2, 0.25) is 5.02 Å². The van der Waals surface area contributed by atoms with E-state index in [1.165, 1.54) is 18.2 Å². The summed E-state index contributed by atoms with van der Waals surface area (Å²) in [7, 11) is 0. The van der Waals surface area contributed by atoms with Crippen molar-refractivity contribution in [3.05, 3.63) is 45.0 Å². The number of unbranched alkanes of at least 4 members (excludes halogenated alkanes) is 1. The molecule has 0 spiro atoms. The number of nitrogens with one attached hydrogen (secondary N) is 1. The fourth-order valence-electron chi connectivity index (χ4n) is 1.33. The van der Waals surface area contributed by atoms with Crippen LogP contribution in [0.5, 0.6) is 0 Å². The van der Waals surface area contributed by atoms with Crippen molar-refractivity contribution in [3.63, 3.8) is 0 Å². The molecule has 18 heavy (non-hydrogen) atoms. The van der Waals surface area contributed by atoms with Crippen molar-refractivity contribution < 1.29 is 9.18 Å². The van der Waals surface area contributed by atoms with Crippen molar-refractivity contribution in [1.29, 1.82) is 0 Å². The maximum absolute atomic E-state index is 13.5. The summed E-state index contributed by atoms with van der Waals surface area (Å²) in [6.07, 6.45) is 1.33. The predicted octanol–water partition coefficient (Wildman–Crippen LogP) is 3.30. The molecular formula is C11H12ClFN4O. The summed E-state index contributed by atoms with van der Waals surface area (Å²) in [4.78, 5) is 14.2. The largest absolute Gasteiger partial charge is 0.352 e. The van der Waals surface area contributed by atoms with E-state index in [0.717, 1.165) is 0 Å². The zero-order valence-electron chi connectivity index (χ0n) is 9.57. The first-order valence-electron chi connectivity index (χ1n) is 5.40. The molecule has 1 aromatic rings. The summed E-state index contributed by atoms with van der Waals surface area (Å²) in [6, 6.07) is 4.27. The van der Waals surface area contributed by atoms with Gasteiger partial charge in [0, 0.05) is 18.0 Å². The molecule has 7 heteroatoms. The van der Waals surface area contributed by atoms with Gasteiger partial charge in [0.25, 0.3) is 5.91 Å². The van der Waals surface area contributed by atoms with E-state index in [4.69, 9.17) is 17.1 Å². The van der Waals surface area contributed by atoms with E-state index in [0.29, 0.717) is 25.9 Å². The number of benzene rings is 1. The van der Waals surface area contributed by atoms with E-state index in [1.54, 1.807) is 0 Å². The first-order valence-corrected chi connectivity index (χ1v) is 5.77. The average Bonchev–Trinajstić information content (AvgIpc) is 2.36. The molecule has 0 bridgehead atoms. The molecule has 1 amide bonds. The van der Waals surface area contributed by atoms with Gasteiger partial charge in [0.15, 0.2) is 5.82 Å². The topological polar surface area (TPSA) is 77.9 Å². The maximum atomic E-state index is 13.5. The summed E-state index contributed by atoms with van der Waals surface area (Å²) in [5.74, 6) is -1.22. The monoisotopic (exact) mass is 270 g/mol. The van der Waals surface area contributed by atoms with Crippen LogP contribution in [-0.2, 0) is 0 Å². The lowest BCUT2D eigenvalue weighted by Crippen LogP contribution is -2.25. The molecule has 0 unspecified atom stereocenters. The van der Waals surface area contributed by atoms with Crippen LogP contribution in [0.25, 0.3) is 10.4 Å². The molecule has 0 aromatic heterocycles. The Labute approximate surface area is 109 Å².